The first-order valence-electron chi connectivity index (χ1n) is 11.8. The molecule has 4 aromatic carbocycles. The molecular weight excluding hydrogens is 454 g/mol. The van der Waals surface area contributed by atoms with E-state index in [9.17, 15) is 9.59 Å². The molecule has 0 aliphatic rings. The van der Waals surface area contributed by atoms with Crippen LogP contribution in [0.5, 0.6) is 0 Å². The van der Waals surface area contributed by atoms with E-state index in [-0.39, 0.29) is 18.2 Å². The SMILES string of the molecule is CC(C(=O)Nc1cc(CSc2ccccc2)ccc1CCCC(=O)O)c1cccc2ccccc12. The Bertz CT molecular complexity index is 1310. The van der Waals surface area contributed by atoms with E-state index in [1.807, 2.05) is 67.6 Å². The van der Waals surface area contributed by atoms with Gasteiger partial charge in [0.25, 0.3) is 0 Å². The zero-order valence-corrected chi connectivity index (χ0v) is 20.6. The number of hydrogen-bond donors (Lipinski definition) is 2. The van der Waals surface area contributed by atoms with Gasteiger partial charge < -0.3 is 10.4 Å². The molecule has 5 heteroatoms. The average Bonchev–Trinajstić information content (AvgIpc) is 2.88. The molecular formula is C30H29NO3S. The normalized spacial score (nSPS) is 11.8. The van der Waals surface area contributed by atoms with Crippen molar-refractivity contribution in [2.24, 2.45) is 0 Å². The Balaban J connectivity index is 1.55. The quantitative estimate of drug-likeness (QED) is 0.233. The summed E-state index contributed by atoms with van der Waals surface area (Å²) in [5, 5.41) is 14.4. The maximum atomic E-state index is 13.4. The molecule has 1 amide bonds. The molecule has 0 saturated carbocycles. The molecule has 178 valence electrons. The summed E-state index contributed by atoms with van der Waals surface area (Å²) < 4.78 is 0. The van der Waals surface area contributed by atoms with E-state index in [1.165, 1.54) is 4.90 Å². The minimum Gasteiger partial charge on any atom is -0.481 e. The fraction of sp³-hybridized carbons (Fsp3) is 0.200. The average molecular weight is 484 g/mol. The van der Waals surface area contributed by atoms with Gasteiger partial charge in [-0.05, 0) is 65.4 Å². The third-order valence-electron chi connectivity index (χ3n) is 6.10. The van der Waals surface area contributed by atoms with Crippen LogP contribution in [0.2, 0.25) is 0 Å². The number of hydrogen-bond acceptors (Lipinski definition) is 3. The van der Waals surface area contributed by atoms with Crippen LogP contribution >= 0.6 is 11.8 Å². The number of carbonyl (C=O) groups is 2. The fourth-order valence-electron chi connectivity index (χ4n) is 4.17. The van der Waals surface area contributed by atoms with Crippen molar-refractivity contribution >= 4 is 40.1 Å². The van der Waals surface area contributed by atoms with Gasteiger partial charge in [-0.1, -0.05) is 72.8 Å². The number of carboxylic acid groups (broad SMARTS) is 1. The minimum absolute atomic E-state index is 0.0753. The van der Waals surface area contributed by atoms with Crippen LogP contribution < -0.4 is 5.32 Å². The maximum Gasteiger partial charge on any atom is 0.303 e. The van der Waals surface area contributed by atoms with Gasteiger partial charge in [0, 0.05) is 22.8 Å². The second-order valence-electron chi connectivity index (χ2n) is 8.62. The Morgan fingerprint density at radius 2 is 1.66 bits per heavy atom. The van der Waals surface area contributed by atoms with Gasteiger partial charge in [0.15, 0.2) is 0 Å². The topological polar surface area (TPSA) is 66.4 Å². The lowest BCUT2D eigenvalue weighted by Crippen LogP contribution is -2.20. The summed E-state index contributed by atoms with van der Waals surface area (Å²) in [6.07, 6.45) is 1.22. The lowest BCUT2D eigenvalue weighted by molar-refractivity contribution is -0.137. The third-order valence-corrected chi connectivity index (χ3v) is 7.18. The highest BCUT2D eigenvalue weighted by molar-refractivity contribution is 7.98. The predicted molar refractivity (Wildman–Crippen MR) is 144 cm³/mol. The number of aliphatic carboxylic acids is 1. The van der Waals surface area contributed by atoms with Gasteiger partial charge in [-0.25, -0.2) is 0 Å². The second kappa shape index (κ2) is 11.7. The number of aryl methyl sites for hydroxylation is 1. The van der Waals surface area contributed by atoms with Gasteiger partial charge in [-0.2, -0.15) is 0 Å². The third kappa shape index (κ3) is 6.52. The summed E-state index contributed by atoms with van der Waals surface area (Å²) in [5.74, 6) is -0.443. The van der Waals surface area contributed by atoms with Crippen LogP contribution in [-0.2, 0) is 21.8 Å². The standard InChI is InChI=1S/C30H29NO3S/c1-21(26-15-7-10-23-9-5-6-14-27(23)26)30(34)31-28-19-22(20-35-25-12-3-2-4-13-25)17-18-24(28)11-8-16-29(32)33/h2-7,9-10,12-15,17-19,21H,8,11,16,20H2,1H3,(H,31,34)(H,32,33). The number of carboxylic acids is 1. The predicted octanol–water partition coefficient (Wildman–Crippen LogP) is 7.28. The Morgan fingerprint density at radius 3 is 2.46 bits per heavy atom. The van der Waals surface area contributed by atoms with E-state index >= 15 is 0 Å². The highest BCUT2D eigenvalue weighted by Crippen LogP contribution is 2.29. The molecule has 0 aromatic heterocycles. The smallest absolute Gasteiger partial charge is 0.303 e. The first kappa shape index (κ1) is 24.6. The van der Waals surface area contributed by atoms with Crippen LogP contribution in [0, 0.1) is 0 Å². The summed E-state index contributed by atoms with van der Waals surface area (Å²) in [4.78, 5) is 25.6. The van der Waals surface area contributed by atoms with Crippen molar-refractivity contribution in [2.75, 3.05) is 5.32 Å². The van der Waals surface area contributed by atoms with Gasteiger partial charge in [0.05, 0.1) is 5.92 Å². The van der Waals surface area contributed by atoms with Crippen LogP contribution in [0.25, 0.3) is 10.8 Å². The van der Waals surface area contributed by atoms with Crippen LogP contribution in [0.15, 0.2) is 95.9 Å². The van der Waals surface area contributed by atoms with Gasteiger partial charge >= 0.3 is 5.97 Å². The molecule has 0 aliphatic heterocycles. The number of nitrogens with one attached hydrogen (secondary N) is 1. The van der Waals surface area contributed by atoms with Crippen molar-refractivity contribution in [3.63, 3.8) is 0 Å². The molecule has 0 saturated heterocycles. The van der Waals surface area contributed by atoms with E-state index < -0.39 is 5.97 Å². The molecule has 0 bridgehead atoms. The molecule has 0 spiro atoms. The Hall–Kier alpha value is -3.57. The van der Waals surface area contributed by atoms with E-state index in [0.717, 1.165) is 38.9 Å². The molecule has 0 radical (unpaired) electrons. The number of thioether (sulfide) groups is 1. The second-order valence-corrected chi connectivity index (χ2v) is 9.67. The zero-order chi connectivity index (χ0) is 24.6. The molecule has 0 aliphatic carbocycles. The summed E-state index contributed by atoms with van der Waals surface area (Å²) >= 11 is 1.74. The number of amides is 1. The number of fused-ring (bicyclic) bond motifs is 1. The fourth-order valence-corrected chi connectivity index (χ4v) is 5.03. The number of anilines is 1. The Morgan fingerprint density at radius 1 is 0.914 bits per heavy atom. The molecule has 1 unspecified atom stereocenters. The summed E-state index contributed by atoms with van der Waals surface area (Å²) in [5.41, 5.74) is 3.81. The molecule has 2 N–H and O–H groups in total. The Labute approximate surface area is 210 Å². The first-order chi connectivity index (χ1) is 17.0. The molecule has 4 nitrogen and oxygen atoms in total. The number of benzene rings is 4. The molecule has 4 aromatic rings. The largest absolute Gasteiger partial charge is 0.481 e. The van der Waals surface area contributed by atoms with Crippen LogP contribution in [0.3, 0.4) is 0 Å². The van der Waals surface area contributed by atoms with Crippen LogP contribution in [0.4, 0.5) is 5.69 Å². The van der Waals surface area contributed by atoms with Crippen molar-refractivity contribution in [3.05, 3.63) is 108 Å². The molecule has 0 heterocycles. The van der Waals surface area contributed by atoms with Crippen LogP contribution in [0.1, 0.15) is 42.4 Å². The molecule has 35 heavy (non-hydrogen) atoms. The van der Waals surface area contributed by atoms with Gasteiger partial charge in [0.1, 0.15) is 0 Å². The molecule has 0 fully saturated rings. The summed E-state index contributed by atoms with van der Waals surface area (Å²) in [6.45, 7) is 1.93. The first-order valence-corrected chi connectivity index (χ1v) is 12.8. The van der Waals surface area contributed by atoms with E-state index in [4.69, 9.17) is 5.11 Å². The van der Waals surface area contributed by atoms with Crippen molar-refractivity contribution in [2.45, 2.75) is 42.8 Å². The van der Waals surface area contributed by atoms with E-state index in [0.29, 0.717) is 12.8 Å². The van der Waals surface area contributed by atoms with Gasteiger partial charge in [-0.3, -0.25) is 9.59 Å². The van der Waals surface area contributed by atoms with Crippen LogP contribution in [-0.4, -0.2) is 17.0 Å². The maximum absolute atomic E-state index is 13.4. The van der Waals surface area contributed by atoms with Gasteiger partial charge in [0.2, 0.25) is 5.91 Å². The number of rotatable bonds is 10. The monoisotopic (exact) mass is 483 g/mol. The Kier molecular flexibility index (Phi) is 8.22. The minimum atomic E-state index is -0.809. The number of carbonyl (C=O) groups excluding carboxylic acids is 1. The zero-order valence-electron chi connectivity index (χ0n) is 19.7. The highest BCUT2D eigenvalue weighted by Gasteiger charge is 2.19. The van der Waals surface area contributed by atoms with E-state index in [2.05, 4.69) is 35.6 Å². The lowest BCUT2D eigenvalue weighted by atomic mass is 9.94. The van der Waals surface area contributed by atoms with Crippen molar-refractivity contribution in [1.29, 1.82) is 0 Å². The van der Waals surface area contributed by atoms with Crippen molar-refractivity contribution in [1.82, 2.24) is 0 Å². The summed E-state index contributed by atoms with van der Waals surface area (Å²) in [7, 11) is 0. The molecule has 4 rings (SSSR count). The van der Waals surface area contributed by atoms with Gasteiger partial charge in [-0.15, -0.1) is 11.8 Å². The van der Waals surface area contributed by atoms with E-state index in [1.54, 1.807) is 11.8 Å². The lowest BCUT2D eigenvalue weighted by Gasteiger charge is -2.18. The highest BCUT2D eigenvalue weighted by atomic mass is 32.2. The van der Waals surface area contributed by atoms with Crippen molar-refractivity contribution in [3.8, 4) is 0 Å². The van der Waals surface area contributed by atoms with Crippen molar-refractivity contribution < 1.29 is 14.7 Å². The molecule has 1 atom stereocenters. The summed E-state index contributed by atoms with van der Waals surface area (Å²) in [6, 6.07) is 30.5.